The molecule has 0 heterocycles. The van der Waals surface area contributed by atoms with E-state index in [0.29, 0.717) is 37.3 Å². The molecule has 0 unspecified atom stereocenters. The van der Waals surface area contributed by atoms with Crippen molar-refractivity contribution in [3.63, 3.8) is 0 Å². The van der Waals surface area contributed by atoms with Crippen molar-refractivity contribution < 1.29 is 19.4 Å². The number of carbonyl (C=O) groups is 2. The minimum Gasteiger partial charge on any atom is -0.493 e. The highest BCUT2D eigenvalue weighted by Crippen LogP contribution is 2.17. The van der Waals surface area contributed by atoms with Crippen LogP contribution in [-0.4, -0.2) is 43.2 Å². The predicted octanol–water partition coefficient (Wildman–Crippen LogP) is 0.704. The zero-order valence-electron chi connectivity index (χ0n) is 12.2. The fourth-order valence-electron chi connectivity index (χ4n) is 1.77. The summed E-state index contributed by atoms with van der Waals surface area (Å²) in [5, 5.41) is 13.9. The summed E-state index contributed by atoms with van der Waals surface area (Å²) in [7, 11) is 0. The number of aliphatic hydroxyl groups is 1. The smallest absolute Gasteiger partial charge is 0.255 e. The quantitative estimate of drug-likeness (QED) is 0.585. The molecule has 6 nitrogen and oxygen atoms in total. The average Bonchev–Trinajstić information content (AvgIpc) is 2.50. The number of carbonyl (C=O) groups excluding carboxylic acids is 2. The monoisotopic (exact) mass is 294 g/mol. The number of hydrogen-bond acceptors (Lipinski definition) is 4. The second-order valence-corrected chi connectivity index (χ2v) is 4.36. The number of ether oxygens (including phenoxy) is 1. The Morgan fingerprint density at radius 2 is 1.95 bits per heavy atom. The molecule has 116 valence electrons. The van der Waals surface area contributed by atoms with Gasteiger partial charge in [-0.25, -0.2) is 0 Å². The first-order chi connectivity index (χ1) is 10.2. The molecule has 0 aliphatic carbocycles. The van der Waals surface area contributed by atoms with Crippen molar-refractivity contribution in [2.24, 2.45) is 0 Å². The highest BCUT2D eigenvalue weighted by atomic mass is 16.5. The predicted molar refractivity (Wildman–Crippen MR) is 79.3 cm³/mol. The van der Waals surface area contributed by atoms with E-state index >= 15 is 0 Å². The van der Waals surface area contributed by atoms with Crippen LogP contribution < -0.4 is 15.4 Å². The lowest BCUT2D eigenvalue weighted by Gasteiger charge is -2.10. The maximum atomic E-state index is 12.0. The first-order valence-corrected chi connectivity index (χ1v) is 7.06. The van der Waals surface area contributed by atoms with Crippen LogP contribution in [0.5, 0.6) is 5.75 Å². The SMILES string of the molecule is CCOc1ccccc1C(=O)NCCCC(=O)NCCO. The molecule has 3 N–H and O–H groups in total. The molecule has 1 aromatic carbocycles. The third-order valence-electron chi connectivity index (χ3n) is 2.73. The summed E-state index contributed by atoms with van der Waals surface area (Å²) in [5.74, 6) is 0.209. The Morgan fingerprint density at radius 3 is 2.67 bits per heavy atom. The molecule has 0 aliphatic rings. The molecule has 0 radical (unpaired) electrons. The lowest BCUT2D eigenvalue weighted by molar-refractivity contribution is -0.121. The van der Waals surface area contributed by atoms with Crippen LogP contribution >= 0.6 is 0 Å². The van der Waals surface area contributed by atoms with Crippen LogP contribution in [0.3, 0.4) is 0 Å². The van der Waals surface area contributed by atoms with Crippen molar-refractivity contribution in [2.75, 3.05) is 26.3 Å². The standard InChI is InChI=1S/C15H22N2O4/c1-2-21-13-7-4-3-6-12(13)15(20)17-9-5-8-14(19)16-10-11-18/h3-4,6-7,18H,2,5,8-11H2,1H3,(H,16,19)(H,17,20). The van der Waals surface area contributed by atoms with Gasteiger partial charge in [0.25, 0.3) is 5.91 Å². The van der Waals surface area contributed by atoms with Crippen molar-refractivity contribution in [1.82, 2.24) is 10.6 Å². The highest BCUT2D eigenvalue weighted by molar-refractivity contribution is 5.96. The third-order valence-corrected chi connectivity index (χ3v) is 2.73. The number of hydrogen-bond donors (Lipinski definition) is 3. The normalized spacial score (nSPS) is 10.0. The second kappa shape index (κ2) is 9.77. The van der Waals surface area contributed by atoms with Crippen molar-refractivity contribution in [1.29, 1.82) is 0 Å². The number of benzene rings is 1. The molecule has 0 saturated heterocycles. The van der Waals surface area contributed by atoms with Crippen molar-refractivity contribution >= 4 is 11.8 Å². The molecule has 6 heteroatoms. The van der Waals surface area contributed by atoms with Gasteiger partial charge in [0.2, 0.25) is 5.91 Å². The number of para-hydroxylation sites is 1. The van der Waals surface area contributed by atoms with Gasteiger partial charge in [-0.3, -0.25) is 9.59 Å². The Balaban J connectivity index is 2.36. The topological polar surface area (TPSA) is 87.7 Å². The van der Waals surface area contributed by atoms with E-state index in [1.165, 1.54) is 0 Å². The molecule has 2 amide bonds. The summed E-state index contributed by atoms with van der Waals surface area (Å²) >= 11 is 0. The molecule has 0 spiro atoms. The number of aliphatic hydroxyl groups excluding tert-OH is 1. The van der Waals surface area contributed by atoms with E-state index in [4.69, 9.17) is 9.84 Å². The van der Waals surface area contributed by atoms with E-state index in [0.717, 1.165) is 0 Å². The van der Waals surface area contributed by atoms with Gasteiger partial charge in [-0.1, -0.05) is 12.1 Å². The third kappa shape index (κ3) is 6.27. The molecule has 1 aromatic rings. The number of rotatable bonds is 9. The highest BCUT2D eigenvalue weighted by Gasteiger charge is 2.11. The van der Waals surface area contributed by atoms with Gasteiger partial charge >= 0.3 is 0 Å². The van der Waals surface area contributed by atoms with Gasteiger partial charge in [-0.15, -0.1) is 0 Å². The van der Waals surface area contributed by atoms with Crippen LogP contribution in [-0.2, 0) is 4.79 Å². The van der Waals surface area contributed by atoms with Crippen LogP contribution in [0.15, 0.2) is 24.3 Å². The van der Waals surface area contributed by atoms with Gasteiger partial charge < -0.3 is 20.5 Å². The molecule has 0 fully saturated rings. The average molecular weight is 294 g/mol. The van der Waals surface area contributed by atoms with Crippen molar-refractivity contribution in [2.45, 2.75) is 19.8 Å². The van der Waals surface area contributed by atoms with Crippen molar-refractivity contribution in [3.8, 4) is 5.75 Å². The van der Waals surface area contributed by atoms with E-state index in [-0.39, 0.29) is 25.0 Å². The van der Waals surface area contributed by atoms with E-state index < -0.39 is 0 Å². The fourth-order valence-corrected chi connectivity index (χ4v) is 1.77. The number of nitrogens with one attached hydrogen (secondary N) is 2. The van der Waals surface area contributed by atoms with Gasteiger partial charge in [0.15, 0.2) is 0 Å². The van der Waals surface area contributed by atoms with E-state index in [1.54, 1.807) is 18.2 Å². The van der Waals surface area contributed by atoms with E-state index in [2.05, 4.69) is 10.6 Å². The van der Waals surface area contributed by atoms with Crippen LogP contribution in [0.2, 0.25) is 0 Å². The summed E-state index contributed by atoms with van der Waals surface area (Å²) < 4.78 is 5.40. The molecule has 0 aliphatic heterocycles. The summed E-state index contributed by atoms with van der Waals surface area (Å²) in [4.78, 5) is 23.3. The molecule has 0 aromatic heterocycles. The van der Waals surface area contributed by atoms with E-state index in [9.17, 15) is 9.59 Å². The fraction of sp³-hybridized carbons (Fsp3) is 0.467. The molecule has 21 heavy (non-hydrogen) atoms. The van der Waals surface area contributed by atoms with Gasteiger partial charge in [-0.05, 0) is 25.5 Å². The lowest BCUT2D eigenvalue weighted by Crippen LogP contribution is -2.29. The van der Waals surface area contributed by atoms with Crippen LogP contribution in [0.25, 0.3) is 0 Å². The first-order valence-electron chi connectivity index (χ1n) is 7.06. The Morgan fingerprint density at radius 1 is 1.19 bits per heavy atom. The lowest BCUT2D eigenvalue weighted by atomic mass is 10.2. The first kappa shape index (κ1) is 17.0. The Bertz CT molecular complexity index is 463. The van der Waals surface area contributed by atoms with Crippen LogP contribution in [0.4, 0.5) is 0 Å². The molecule has 0 atom stereocenters. The molecule has 0 bridgehead atoms. The summed E-state index contributed by atoms with van der Waals surface area (Å²) in [6.45, 7) is 2.95. The summed E-state index contributed by atoms with van der Waals surface area (Å²) in [6.07, 6.45) is 0.854. The molecular formula is C15H22N2O4. The molecule has 1 rings (SSSR count). The minimum absolute atomic E-state index is 0.0727. The number of amides is 2. The van der Waals surface area contributed by atoms with E-state index in [1.807, 2.05) is 13.0 Å². The zero-order chi connectivity index (χ0) is 15.5. The Kier molecular flexibility index (Phi) is 7.89. The van der Waals surface area contributed by atoms with Crippen LogP contribution in [0, 0.1) is 0 Å². The van der Waals surface area contributed by atoms with Gasteiger partial charge in [-0.2, -0.15) is 0 Å². The second-order valence-electron chi connectivity index (χ2n) is 4.36. The molecular weight excluding hydrogens is 272 g/mol. The van der Waals surface area contributed by atoms with Gasteiger partial charge in [0.05, 0.1) is 18.8 Å². The summed E-state index contributed by atoms with van der Waals surface area (Å²) in [5.41, 5.74) is 0.490. The zero-order valence-corrected chi connectivity index (χ0v) is 12.2. The molecule has 0 saturated carbocycles. The van der Waals surface area contributed by atoms with Crippen LogP contribution in [0.1, 0.15) is 30.1 Å². The maximum absolute atomic E-state index is 12.0. The largest absolute Gasteiger partial charge is 0.493 e. The maximum Gasteiger partial charge on any atom is 0.255 e. The minimum atomic E-state index is -0.213. The summed E-state index contributed by atoms with van der Waals surface area (Å²) in [6, 6.07) is 7.04. The van der Waals surface area contributed by atoms with Gasteiger partial charge in [0.1, 0.15) is 5.75 Å². The van der Waals surface area contributed by atoms with Gasteiger partial charge in [0, 0.05) is 19.5 Å². The Hall–Kier alpha value is -2.08. The van der Waals surface area contributed by atoms with Crippen molar-refractivity contribution in [3.05, 3.63) is 29.8 Å². The Labute approximate surface area is 124 Å².